The van der Waals surface area contributed by atoms with E-state index in [4.69, 9.17) is 4.74 Å². The van der Waals surface area contributed by atoms with Gasteiger partial charge in [-0.05, 0) is 12.5 Å². The standard InChI is InChI=1S/C18H22N2O2/c1-22-17-10-4-3-9-16(17)15-19-18(21)11-5-8-14-20-12-6-2-7-13-20/h2-4,6-7,9-10,12-13H,5,8,11,14-15H2,1H3/p+1. The number of aromatic nitrogens is 1. The maximum absolute atomic E-state index is 11.9. The molecule has 22 heavy (non-hydrogen) atoms. The number of amides is 1. The number of hydrogen-bond acceptors (Lipinski definition) is 2. The fraction of sp³-hybridized carbons (Fsp3) is 0.333. The summed E-state index contributed by atoms with van der Waals surface area (Å²) >= 11 is 0. The zero-order chi connectivity index (χ0) is 15.6. The van der Waals surface area contributed by atoms with E-state index in [0.717, 1.165) is 30.7 Å². The number of nitrogens with one attached hydrogen (secondary N) is 1. The molecule has 4 heteroatoms. The molecule has 1 heterocycles. The highest BCUT2D eigenvalue weighted by Gasteiger charge is 2.06. The fourth-order valence-electron chi connectivity index (χ4n) is 2.29. The number of rotatable bonds is 8. The first kappa shape index (κ1) is 16.0. The number of pyridine rings is 1. The van der Waals surface area contributed by atoms with Crippen molar-refractivity contribution in [3.8, 4) is 5.75 Å². The van der Waals surface area contributed by atoms with Gasteiger partial charge in [-0.1, -0.05) is 24.3 Å². The lowest BCUT2D eigenvalue weighted by Gasteiger charge is -2.09. The van der Waals surface area contributed by atoms with Gasteiger partial charge in [0, 0.05) is 37.1 Å². The molecule has 0 bridgehead atoms. The van der Waals surface area contributed by atoms with E-state index in [2.05, 4.69) is 9.88 Å². The van der Waals surface area contributed by atoms with E-state index >= 15 is 0 Å². The second-order valence-corrected chi connectivity index (χ2v) is 5.16. The summed E-state index contributed by atoms with van der Waals surface area (Å²) in [5.74, 6) is 0.896. The molecule has 116 valence electrons. The van der Waals surface area contributed by atoms with Crippen LogP contribution in [0.15, 0.2) is 54.9 Å². The number of nitrogens with zero attached hydrogens (tertiary/aromatic N) is 1. The molecule has 0 atom stereocenters. The van der Waals surface area contributed by atoms with Crippen LogP contribution in [0.4, 0.5) is 0 Å². The van der Waals surface area contributed by atoms with E-state index in [1.54, 1.807) is 7.11 Å². The highest BCUT2D eigenvalue weighted by molar-refractivity contribution is 5.75. The highest BCUT2D eigenvalue weighted by Crippen LogP contribution is 2.16. The van der Waals surface area contributed by atoms with Gasteiger partial charge in [0.1, 0.15) is 12.3 Å². The van der Waals surface area contributed by atoms with Crippen LogP contribution in [-0.4, -0.2) is 13.0 Å². The number of unbranched alkanes of at least 4 members (excludes halogenated alkanes) is 1. The zero-order valence-electron chi connectivity index (χ0n) is 13.0. The molecule has 0 spiro atoms. The molecular weight excluding hydrogens is 276 g/mol. The van der Waals surface area contributed by atoms with Crippen LogP contribution in [0.3, 0.4) is 0 Å². The molecule has 2 aromatic rings. The number of ether oxygens (including phenoxy) is 1. The largest absolute Gasteiger partial charge is 0.496 e. The van der Waals surface area contributed by atoms with Crippen molar-refractivity contribution in [3.63, 3.8) is 0 Å². The minimum atomic E-state index is 0.0870. The van der Waals surface area contributed by atoms with Gasteiger partial charge in [-0.15, -0.1) is 0 Å². The van der Waals surface area contributed by atoms with E-state index in [1.807, 2.05) is 54.9 Å². The lowest BCUT2D eigenvalue weighted by atomic mass is 10.2. The van der Waals surface area contributed by atoms with Gasteiger partial charge in [0.2, 0.25) is 5.91 Å². The Kier molecular flexibility index (Phi) is 6.42. The minimum Gasteiger partial charge on any atom is -0.496 e. The molecule has 2 rings (SSSR count). The summed E-state index contributed by atoms with van der Waals surface area (Å²) in [5, 5.41) is 2.95. The number of aryl methyl sites for hydroxylation is 1. The van der Waals surface area contributed by atoms with Crippen molar-refractivity contribution < 1.29 is 14.1 Å². The molecule has 4 nitrogen and oxygen atoms in total. The third kappa shape index (κ3) is 5.20. The third-order valence-corrected chi connectivity index (χ3v) is 3.52. The average molecular weight is 299 g/mol. The number of methoxy groups -OCH3 is 1. The Morgan fingerprint density at radius 2 is 1.86 bits per heavy atom. The number of benzene rings is 1. The maximum atomic E-state index is 11.9. The number of hydrogen-bond donors (Lipinski definition) is 1. The molecule has 0 unspecified atom stereocenters. The summed E-state index contributed by atoms with van der Waals surface area (Å²) in [6.45, 7) is 1.46. The van der Waals surface area contributed by atoms with Crippen molar-refractivity contribution in [2.45, 2.75) is 32.4 Å². The first-order valence-corrected chi connectivity index (χ1v) is 7.62. The van der Waals surface area contributed by atoms with Gasteiger partial charge in [-0.2, -0.15) is 0 Å². The normalized spacial score (nSPS) is 10.2. The lowest BCUT2D eigenvalue weighted by molar-refractivity contribution is -0.697. The van der Waals surface area contributed by atoms with Crippen LogP contribution in [0.2, 0.25) is 0 Å². The topological polar surface area (TPSA) is 42.2 Å². The van der Waals surface area contributed by atoms with Crippen LogP contribution < -0.4 is 14.6 Å². The predicted molar refractivity (Wildman–Crippen MR) is 85.3 cm³/mol. The molecule has 0 aliphatic heterocycles. The summed E-state index contributed by atoms with van der Waals surface area (Å²) in [6.07, 6.45) is 6.53. The smallest absolute Gasteiger partial charge is 0.220 e. The van der Waals surface area contributed by atoms with Gasteiger partial charge < -0.3 is 10.1 Å². The molecular formula is C18H23N2O2+. The van der Waals surface area contributed by atoms with Gasteiger partial charge in [0.25, 0.3) is 0 Å². The van der Waals surface area contributed by atoms with E-state index in [9.17, 15) is 4.79 Å². The summed E-state index contributed by atoms with van der Waals surface area (Å²) < 4.78 is 7.40. The summed E-state index contributed by atoms with van der Waals surface area (Å²) in [4.78, 5) is 11.9. The van der Waals surface area contributed by atoms with Crippen molar-refractivity contribution >= 4 is 5.91 Å². The molecule has 1 amide bonds. The van der Waals surface area contributed by atoms with E-state index in [1.165, 1.54) is 0 Å². The second-order valence-electron chi connectivity index (χ2n) is 5.16. The molecule has 0 saturated carbocycles. The molecule has 0 aliphatic carbocycles. The predicted octanol–water partition coefficient (Wildman–Crippen LogP) is 2.47. The molecule has 1 N–H and O–H groups in total. The summed E-state index contributed by atoms with van der Waals surface area (Å²) in [6, 6.07) is 13.8. The van der Waals surface area contributed by atoms with E-state index in [0.29, 0.717) is 13.0 Å². The quantitative estimate of drug-likeness (QED) is 0.601. The van der Waals surface area contributed by atoms with Crippen LogP contribution in [0, 0.1) is 0 Å². The maximum Gasteiger partial charge on any atom is 0.220 e. The molecule has 0 fully saturated rings. The van der Waals surface area contributed by atoms with E-state index in [-0.39, 0.29) is 5.91 Å². The lowest BCUT2D eigenvalue weighted by Crippen LogP contribution is -2.32. The fourth-order valence-corrected chi connectivity index (χ4v) is 2.29. The molecule has 0 aliphatic rings. The Morgan fingerprint density at radius 3 is 2.64 bits per heavy atom. The first-order chi connectivity index (χ1) is 10.8. The monoisotopic (exact) mass is 299 g/mol. The van der Waals surface area contributed by atoms with Crippen LogP contribution in [0.1, 0.15) is 24.8 Å². The van der Waals surface area contributed by atoms with Gasteiger partial charge in [-0.3, -0.25) is 4.79 Å². The van der Waals surface area contributed by atoms with Crippen LogP contribution in [0.5, 0.6) is 5.75 Å². The van der Waals surface area contributed by atoms with Crippen molar-refractivity contribution in [2.75, 3.05) is 7.11 Å². The third-order valence-electron chi connectivity index (χ3n) is 3.52. The molecule has 1 aromatic carbocycles. The van der Waals surface area contributed by atoms with Crippen molar-refractivity contribution in [1.29, 1.82) is 0 Å². The number of para-hydroxylation sites is 1. The Bertz CT molecular complexity index is 585. The van der Waals surface area contributed by atoms with Gasteiger partial charge >= 0.3 is 0 Å². The van der Waals surface area contributed by atoms with Crippen molar-refractivity contribution in [2.24, 2.45) is 0 Å². The summed E-state index contributed by atoms with van der Waals surface area (Å²) in [5.41, 5.74) is 0.998. The Balaban J connectivity index is 1.66. The Labute approximate surface area is 131 Å². The summed E-state index contributed by atoms with van der Waals surface area (Å²) in [7, 11) is 1.64. The second kappa shape index (κ2) is 8.82. The van der Waals surface area contributed by atoms with Crippen LogP contribution >= 0.6 is 0 Å². The first-order valence-electron chi connectivity index (χ1n) is 7.62. The van der Waals surface area contributed by atoms with Gasteiger partial charge in [0.15, 0.2) is 12.4 Å². The van der Waals surface area contributed by atoms with Gasteiger partial charge in [-0.25, -0.2) is 4.57 Å². The zero-order valence-corrected chi connectivity index (χ0v) is 13.0. The SMILES string of the molecule is COc1ccccc1CNC(=O)CCCC[n+]1ccccc1. The van der Waals surface area contributed by atoms with Crippen molar-refractivity contribution in [3.05, 3.63) is 60.4 Å². The molecule has 0 radical (unpaired) electrons. The van der Waals surface area contributed by atoms with Crippen molar-refractivity contribution in [1.82, 2.24) is 5.32 Å². The highest BCUT2D eigenvalue weighted by atomic mass is 16.5. The van der Waals surface area contributed by atoms with E-state index < -0.39 is 0 Å². The number of carbonyl (C=O) groups excluding carboxylic acids is 1. The van der Waals surface area contributed by atoms with Gasteiger partial charge in [0.05, 0.1) is 7.11 Å². The molecule has 1 aromatic heterocycles. The average Bonchev–Trinajstić information content (AvgIpc) is 2.58. The molecule has 0 saturated heterocycles. The van der Waals surface area contributed by atoms with Crippen LogP contribution in [-0.2, 0) is 17.9 Å². The number of carbonyl (C=O) groups is 1. The Morgan fingerprint density at radius 1 is 1.09 bits per heavy atom. The minimum absolute atomic E-state index is 0.0870. The Hall–Kier alpha value is -2.36. The van der Waals surface area contributed by atoms with Crippen LogP contribution in [0.25, 0.3) is 0 Å².